The monoisotopic (exact) mass is 407 g/mol. The molecule has 2 aromatic rings. The molecule has 2 aliphatic heterocycles. The molecule has 1 N–H and O–H groups in total. The zero-order chi connectivity index (χ0) is 21.3. The maximum absolute atomic E-state index is 14.8. The Bertz CT molecular complexity index is 1060. The van der Waals surface area contributed by atoms with E-state index in [4.69, 9.17) is 0 Å². The van der Waals surface area contributed by atoms with Gasteiger partial charge in [0, 0.05) is 24.3 Å². The van der Waals surface area contributed by atoms with Crippen LogP contribution in [0.15, 0.2) is 48.0 Å². The van der Waals surface area contributed by atoms with E-state index in [9.17, 15) is 18.8 Å². The van der Waals surface area contributed by atoms with Crippen molar-refractivity contribution in [2.24, 2.45) is 0 Å². The number of imide groups is 2. The number of nitrogens with zero attached hydrogens (tertiary/aromatic N) is 2. The highest BCUT2D eigenvalue weighted by atomic mass is 19.1. The molecule has 0 atom stereocenters. The number of urea groups is 1. The molecule has 2 fully saturated rings. The normalized spacial score (nSPS) is 18.7. The largest absolute Gasteiger partial charge is 0.371 e. The summed E-state index contributed by atoms with van der Waals surface area (Å²) in [6.07, 6.45) is 4.52. The molecular formula is C23H22FN3O3. The fourth-order valence-electron chi connectivity index (χ4n) is 3.83. The van der Waals surface area contributed by atoms with Crippen LogP contribution in [0.3, 0.4) is 0 Å². The van der Waals surface area contributed by atoms with Gasteiger partial charge >= 0.3 is 6.03 Å². The molecule has 0 saturated carbocycles. The lowest BCUT2D eigenvalue weighted by atomic mass is 10.0. The van der Waals surface area contributed by atoms with Crippen LogP contribution in [0.1, 0.15) is 30.4 Å². The highest BCUT2D eigenvalue weighted by Gasteiger charge is 2.37. The first-order valence-electron chi connectivity index (χ1n) is 9.97. The molecule has 30 heavy (non-hydrogen) atoms. The number of hydrogen-bond acceptors (Lipinski definition) is 4. The van der Waals surface area contributed by atoms with Gasteiger partial charge in [0.15, 0.2) is 0 Å². The zero-order valence-electron chi connectivity index (χ0n) is 16.7. The van der Waals surface area contributed by atoms with Crippen molar-refractivity contribution in [2.75, 3.05) is 22.9 Å². The molecule has 6 nitrogen and oxygen atoms in total. The Morgan fingerprint density at radius 2 is 1.73 bits per heavy atom. The van der Waals surface area contributed by atoms with Gasteiger partial charge in [-0.1, -0.05) is 18.2 Å². The number of amides is 4. The van der Waals surface area contributed by atoms with Crippen LogP contribution in [0.2, 0.25) is 0 Å². The second-order valence-electron chi connectivity index (χ2n) is 7.50. The number of para-hydroxylation sites is 1. The van der Waals surface area contributed by atoms with Gasteiger partial charge in [-0.05, 0) is 62.1 Å². The summed E-state index contributed by atoms with van der Waals surface area (Å²) >= 11 is 0. The predicted molar refractivity (Wildman–Crippen MR) is 113 cm³/mol. The summed E-state index contributed by atoms with van der Waals surface area (Å²) in [6.45, 7) is 3.53. The average molecular weight is 407 g/mol. The molecule has 0 spiro atoms. The lowest BCUT2D eigenvalue weighted by molar-refractivity contribution is -0.122. The number of hydrogen-bond donors (Lipinski definition) is 1. The fraction of sp³-hybridized carbons (Fsp3) is 0.261. The summed E-state index contributed by atoms with van der Waals surface area (Å²) in [7, 11) is 0. The number of carbonyl (C=O) groups is 3. The summed E-state index contributed by atoms with van der Waals surface area (Å²) in [5, 5.41) is 2.17. The minimum absolute atomic E-state index is 0.119. The van der Waals surface area contributed by atoms with Gasteiger partial charge < -0.3 is 4.90 Å². The Balaban J connectivity index is 1.66. The molecular weight excluding hydrogens is 385 g/mol. The first-order chi connectivity index (χ1) is 14.5. The van der Waals surface area contributed by atoms with Crippen molar-refractivity contribution in [1.82, 2.24) is 5.32 Å². The summed E-state index contributed by atoms with van der Waals surface area (Å²) in [5.41, 5.74) is 1.69. The Morgan fingerprint density at radius 1 is 1.00 bits per heavy atom. The number of aryl methyl sites for hydroxylation is 1. The molecule has 0 unspecified atom stereocenters. The minimum Gasteiger partial charge on any atom is -0.371 e. The first kappa shape index (κ1) is 19.8. The number of nitrogens with one attached hydrogen (secondary N) is 1. The van der Waals surface area contributed by atoms with Crippen LogP contribution in [0.25, 0.3) is 6.08 Å². The number of halogens is 1. The molecule has 2 aromatic carbocycles. The van der Waals surface area contributed by atoms with Gasteiger partial charge in [-0.25, -0.2) is 14.1 Å². The van der Waals surface area contributed by atoms with Crippen LogP contribution in [0.5, 0.6) is 0 Å². The molecule has 4 amide bonds. The van der Waals surface area contributed by atoms with Gasteiger partial charge in [-0.2, -0.15) is 0 Å². The first-order valence-corrected chi connectivity index (χ1v) is 9.97. The van der Waals surface area contributed by atoms with Crippen molar-refractivity contribution in [3.63, 3.8) is 0 Å². The van der Waals surface area contributed by atoms with E-state index in [2.05, 4.69) is 10.2 Å². The number of barbiturate groups is 1. The van der Waals surface area contributed by atoms with E-state index in [0.717, 1.165) is 36.5 Å². The summed E-state index contributed by atoms with van der Waals surface area (Å²) in [4.78, 5) is 40.7. The summed E-state index contributed by atoms with van der Waals surface area (Å²) < 4.78 is 14.8. The molecule has 4 rings (SSSR count). The van der Waals surface area contributed by atoms with Gasteiger partial charge in [0.1, 0.15) is 11.4 Å². The third-order valence-corrected chi connectivity index (χ3v) is 5.46. The lowest BCUT2D eigenvalue weighted by Crippen LogP contribution is -2.54. The van der Waals surface area contributed by atoms with Gasteiger partial charge in [0.25, 0.3) is 11.8 Å². The van der Waals surface area contributed by atoms with E-state index in [1.54, 1.807) is 43.3 Å². The Hall–Kier alpha value is -3.48. The van der Waals surface area contributed by atoms with Crippen LogP contribution in [0, 0.1) is 12.7 Å². The molecule has 0 radical (unpaired) electrons. The highest BCUT2D eigenvalue weighted by molar-refractivity contribution is 6.39. The van der Waals surface area contributed by atoms with Crippen LogP contribution in [0.4, 0.5) is 20.6 Å². The quantitative estimate of drug-likeness (QED) is 0.621. The average Bonchev–Trinajstić information content (AvgIpc) is 2.74. The minimum atomic E-state index is -0.839. The summed E-state index contributed by atoms with van der Waals surface area (Å²) in [5.74, 6) is -2.14. The number of benzene rings is 2. The van der Waals surface area contributed by atoms with Gasteiger partial charge in [0.05, 0.1) is 5.69 Å². The van der Waals surface area contributed by atoms with Crippen molar-refractivity contribution in [3.8, 4) is 0 Å². The third-order valence-electron chi connectivity index (χ3n) is 5.46. The van der Waals surface area contributed by atoms with E-state index in [1.165, 1.54) is 18.6 Å². The van der Waals surface area contributed by atoms with Crippen molar-refractivity contribution in [1.29, 1.82) is 0 Å². The Morgan fingerprint density at radius 3 is 2.43 bits per heavy atom. The maximum atomic E-state index is 14.8. The number of rotatable bonds is 3. The fourth-order valence-corrected chi connectivity index (χ4v) is 3.83. The van der Waals surface area contributed by atoms with E-state index >= 15 is 0 Å². The zero-order valence-corrected chi connectivity index (χ0v) is 16.7. The molecule has 0 aliphatic carbocycles. The molecule has 2 heterocycles. The van der Waals surface area contributed by atoms with E-state index in [-0.39, 0.29) is 11.1 Å². The van der Waals surface area contributed by atoms with E-state index in [0.29, 0.717) is 11.3 Å². The standard InChI is InChI=1S/C23H22FN3O3/c1-15-7-3-4-8-20(15)27-22(29)18(21(28)25-23(27)30)13-16-9-10-17(14-19(16)24)26-11-5-2-6-12-26/h3-4,7-10,13-14H,2,5-6,11-12H2,1H3,(H,25,28,30). The second kappa shape index (κ2) is 8.10. The van der Waals surface area contributed by atoms with Gasteiger partial charge in [0.2, 0.25) is 0 Å². The van der Waals surface area contributed by atoms with E-state index in [1.807, 2.05) is 0 Å². The molecule has 0 bridgehead atoms. The predicted octanol–water partition coefficient (Wildman–Crippen LogP) is 3.79. The second-order valence-corrected chi connectivity index (χ2v) is 7.50. The van der Waals surface area contributed by atoms with Crippen LogP contribution in [-0.2, 0) is 9.59 Å². The summed E-state index contributed by atoms with van der Waals surface area (Å²) in [6, 6.07) is 10.8. The van der Waals surface area contributed by atoms with Crippen molar-refractivity contribution >= 4 is 35.3 Å². The lowest BCUT2D eigenvalue weighted by Gasteiger charge is -2.29. The molecule has 2 saturated heterocycles. The number of carbonyl (C=O) groups excluding carboxylic acids is 3. The highest BCUT2D eigenvalue weighted by Crippen LogP contribution is 2.27. The smallest absolute Gasteiger partial charge is 0.335 e. The van der Waals surface area contributed by atoms with Gasteiger partial charge in [-0.15, -0.1) is 0 Å². The molecule has 0 aromatic heterocycles. The topological polar surface area (TPSA) is 69.7 Å². The van der Waals surface area contributed by atoms with Crippen molar-refractivity contribution < 1.29 is 18.8 Å². The molecule has 7 heteroatoms. The number of anilines is 2. The Labute approximate surface area is 174 Å². The maximum Gasteiger partial charge on any atom is 0.335 e. The van der Waals surface area contributed by atoms with Crippen LogP contribution < -0.4 is 15.1 Å². The Kier molecular flexibility index (Phi) is 5.35. The van der Waals surface area contributed by atoms with Crippen molar-refractivity contribution in [2.45, 2.75) is 26.2 Å². The SMILES string of the molecule is Cc1ccccc1N1C(=O)NC(=O)C(=Cc2ccc(N3CCCCC3)cc2F)C1=O. The molecule has 154 valence electrons. The van der Waals surface area contributed by atoms with Crippen LogP contribution >= 0.6 is 0 Å². The van der Waals surface area contributed by atoms with Gasteiger partial charge in [-0.3, -0.25) is 14.9 Å². The third kappa shape index (κ3) is 3.70. The number of piperidine rings is 1. The van der Waals surface area contributed by atoms with Crippen molar-refractivity contribution in [3.05, 3.63) is 65.0 Å². The van der Waals surface area contributed by atoms with Crippen LogP contribution in [-0.4, -0.2) is 30.9 Å². The van der Waals surface area contributed by atoms with E-state index < -0.39 is 23.7 Å². The molecule has 2 aliphatic rings.